The van der Waals surface area contributed by atoms with Crippen molar-refractivity contribution >= 4 is 17.3 Å². The van der Waals surface area contributed by atoms with Crippen LogP contribution in [0.5, 0.6) is 23.0 Å². The van der Waals surface area contributed by atoms with Gasteiger partial charge in [0.2, 0.25) is 0 Å². The van der Waals surface area contributed by atoms with E-state index in [0.29, 0.717) is 5.70 Å². The molecule has 194 valence electrons. The lowest BCUT2D eigenvalue weighted by Crippen LogP contribution is -2.41. The van der Waals surface area contributed by atoms with Gasteiger partial charge in [0.25, 0.3) is 0 Å². The van der Waals surface area contributed by atoms with E-state index >= 15 is 0 Å². The largest absolute Gasteiger partial charge is 0.507 e. The molecule has 0 radical (unpaired) electrons. The number of allylic oxidation sites excluding steroid dienone is 4. The Balaban J connectivity index is 1.84. The van der Waals surface area contributed by atoms with Crippen molar-refractivity contribution in [2.45, 2.75) is 53.0 Å². The molecule has 2 aromatic rings. The molecule has 0 fully saturated rings. The van der Waals surface area contributed by atoms with E-state index in [1.54, 1.807) is 21.0 Å². The van der Waals surface area contributed by atoms with Crippen LogP contribution in [0.3, 0.4) is 0 Å². The van der Waals surface area contributed by atoms with Crippen molar-refractivity contribution in [1.82, 2.24) is 5.32 Å². The molecule has 0 amide bonds. The fourth-order valence-electron chi connectivity index (χ4n) is 5.11. The molecule has 1 aliphatic carbocycles. The number of methoxy groups -OCH3 is 1. The van der Waals surface area contributed by atoms with Crippen LogP contribution in [0.1, 0.15) is 67.7 Å². The number of phenolic OH excluding ortho intramolecular Hbond substituents is 2. The van der Waals surface area contributed by atoms with Gasteiger partial charge in [-0.05, 0) is 51.3 Å². The zero-order chi connectivity index (χ0) is 27.4. The fraction of sp³-hybridized carbons (Fsp3) is 0.345. The first-order valence-corrected chi connectivity index (χ1v) is 12.0. The maximum absolute atomic E-state index is 14.0. The molecule has 0 bridgehead atoms. The number of nitrogens with one attached hydrogen (secondary N) is 1. The first-order valence-electron chi connectivity index (χ1n) is 12.0. The Kier molecular flexibility index (Phi) is 6.40. The summed E-state index contributed by atoms with van der Waals surface area (Å²) in [4.78, 5) is 39.6. The third kappa shape index (κ3) is 3.87. The van der Waals surface area contributed by atoms with E-state index in [4.69, 9.17) is 9.47 Å². The van der Waals surface area contributed by atoms with Crippen molar-refractivity contribution in [3.63, 3.8) is 0 Å². The highest BCUT2D eigenvalue weighted by Gasteiger charge is 2.56. The Morgan fingerprint density at radius 2 is 1.70 bits per heavy atom. The molecular weight excluding hydrogens is 474 g/mol. The Hall–Kier alpha value is -4.07. The van der Waals surface area contributed by atoms with Gasteiger partial charge >= 0.3 is 0 Å². The molecule has 1 unspecified atom stereocenters. The van der Waals surface area contributed by atoms with Gasteiger partial charge in [0, 0.05) is 17.3 Å². The maximum Gasteiger partial charge on any atom is 0.194 e. The number of Topliss-reactive ketones (excluding diaryl/α,β-unsaturated/α-hetero) is 2. The number of phenols is 2. The summed E-state index contributed by atoms with van der Waals surface area (Å²) in [6.07, 6.45) is 1.22. The summed E-state index contributed by atoms with van der Waals surface area (Å²) in [5.74, 6) is -1.64. The van der Waals surface area contributed by atoms with E-state index in [0.717, 1.165) is 11.3 Å². The standard InChI is InChI=1S/C29H31NO7/c1-13(2)24(17-8-10-18(36-7)11-9-17)30-15(4)21-19(32)12-20-29(6,28(21)35)23-26(34)14(3)25(33)22(16(5)31)27(23)37-20/h8-13,24,30,33-34H,1-7H3/b21-15+/t24?,29-/m0/s1. The third-order valence-electron chi connectivity index (χ3n) is 7.27. The summed E-state index contributed by atoms with van der Waals surface area (Å²) in [6.45, 7) is 9.99. The quantitative estimate of drug-likeness (QED) is 0.297. The van der Waals surface area contributed by atoms with Gasteiger partial charge in [-0.3, -0.25) is 14.4 Å². The van der Waals surface area contributed by atoms with E-state index in [9.17, 15) is 24.6 Å². The van der Waals surface area contributed by atoms with Gasteiger partial charge in [0.1, 0.15) is 39.7 Å². The molecule has 1 heterocycles. The summed E-state index contributed by atoms with van der Waals surface area (Å²) in [5, 5.41) is 24.8. The predicted octanol–water partition coefficient (Wildman–Crippen LogP) is 4.56. The highest BCUT2D eigenvalue weighted by Crippen LogP contribution is 2.57. The molecule has 0 spiro atoms. The summed E-state index contributed by atoms with van der Waals surface area (Å²) < 4.78 is 11.1. The SMILES string of the molecule is COc1ccc(C(N/C(C)=C2\C(=O)C=C3Oc4c(C(C)=O)c(O)c(C)c(O)c4[C@@]3(C)C2=O)C(C)C)cc1. The van der Waals surface area contributed by atoms with Crippen molar-refractivity contribution < 1.29 is 34.1 Å². The van der Waals surface area contributed by atoms with E-state index in [1.165, 1.54) is 19.9 Å². The van der Waals surface area contributed by atoms with E-state index in [-0.39, 0.29) is 51.5 Å². The lowest BCUT2D eigenvalue weighted by atomic mass is 9.70. The number of aromatic hydroxyl groups is 2. The molecule has 2 atom stereocenters. The minimum atomic E-state index is -1.55. The number of rotatable bonds is 6. The molecular formula is C29H31NO7. The Morgan fingerprint density at radius 3 is 2.24 bits per heavy atom. The number of ketones is 3. The van der Waals surface area contributed by atoms with Gasteiger partial charge in [0.05, 0.1) is 24.3 Å². The second-order valence-electron chi connectivity index (χ2n) is 10.0. The van der Waals surface area contributed by atoms with Crippen molar-refractivity contribution in [3.05, 3.63) is 69.6 Å². The van der Waals surface area contributed by atoms with Crippen LogP contribution >= 0.6 is 0 Å². The lowest BCUT2D eigenvalue weighted by molar-refractivity contribution is -0.123. The molecule has 0 saturated heterocycles. The number of fused-ring (bicyclic) bond motifs is 3. The topological polar surface area (TPSA) is 122 Å². The van der Waals surface area contributed by atoms with E-state index in [2.05, 4.69) is 5.32 Å². The van der Waals surface area contributed by atoms with Gasteiger partial charge in [-0.25, -0.2) is 0 Å². The zero-order valence-electron chi connectivity index (χ0n) is 22.0. The van der Waals surface area contributed by atoms with Crippen molar-refractivity contribution in [2.75, 3.05) is 7.11 Å². The number of ether oxygens (including phenoxy) is 2. The van der Waals surface area contributed by atoms with Crippen LogP contribution in [0.4, 0.5) is 0 Å². The molecule has 0 aromatic heterocycles. The number of hydrogen-bond acceptors (Lipinski definition) is 8. The molecule has 2 aromatic carbocycles. The van der Waals surface area contributed by atoms with E-state index < -0.39 is 28.5 Å². The van der Waals surface area contributed by atoms with Crippen LogP contribution in [0, 0.1) is 12.8 Å². The Morgan fingerprint density at radius 1 is 1.08 bits per heavy atom. The molecule has 4 rings (SSSR count). The van der Waals surface area contributed by atoms with Crippen molar-refractivity contribution in [1.29, 1.82) is 0 Å². The van der Waals surface area contributed by atoms with Crippen LogP contribution in [-0.4, -0.2) is 34.7 Å². The smallest absolute Gasteiger partial charge is 0.194 e. The molecule has 8 nitrogen and oxygen atoms in total. The van der Waals surface area contributed by atoms with Gasteiger partial charge in [-0.1, -0.05) is 26.0 Å². The van der Waals surface area contributed by atoms with Crippen LogP contribution in [0.2, 0.25) is 0 Å². The maximum atomic E-state index is 14.0. The first-order chi connectivity index (χ1) is 17.3. The van der Waals surface area contributed by atoms with Gasteiger partial charge in [-0.2, -0.15) is 0 Å². The monoisotopic (exact) mass is 505 g/mol. The predicted molar refractivity (Wildman–Crippen MR) is 137 cm³/mol. The average molecular weight is 506 g/mol. The van der Waals surface area contributed by atoms with Gasteiger partial charge < -0.3 is 25.0 Å². The van der Waals surface area contributed by atoms with E-state index in [1.807, 2.05) is 38.1 Å². The number of carbonyl (C=O) groups excluding carboxylic acids is 3. The zero-order valence-corrected chi connectivity index (χ0v) is 22.0. The first kappa shape index (κ1) is 26.0. The van der Waals surface area contributed by atoms with Crippen LogP contribution in [0.15, 0.2) is 47.4 Å². The third-order valence-corrected chi connectivity index (χ3v) is 7.27. The number of benzene rings is 2. The summed E-state index contributed by atoms with van der Waals surface area (Å²) in [5.41, 5.74) is -0.285. The molecule has 37 heavy (non-hydrogen) atoms. The molecule has 0 saturated carbocycles. The Bertz CT molecular complexity index is 1400. The molecule has 3 N–H and O–H groups in total. The fourth-order valence-corrected chi connectivity index (χ4v) is 5.11. The highest BCUT2D eigenvalue weighted by atomic mass is 16.5. The molecule has 1 aliphatic heterocycles. The molecule has 8 heteroatoms. The van der Waals surface area contributed by atoms with Crippen LogP contribution < -0.4 is 14.8 Å². The Labute approximate surface area is 215 Å². The molecule has 2 aliphatic rings. The van der Waals surface area contributed by atoms with Crippen LogP contribution in [-0.2, 0) is 15.0 Å². The minimum absolute atomic E-state index is 0.00686. The lowest BCUT2D eigenvalue weighted by Gasteiger charge is -2.31. The summed E-state index contributed by atoms with van der Waals surface area (Å²) in [6, 6.07) is 7.34. The normalized spacial score (nSPS) is 20.6. The summed E-state index contributed by atoms with van der Waals surface area (Å²) >= 11 is 0. The second-order valence-corrected chi connectivity index (χ2v) is 10.0. The average Bonchev–Trinajstić information content (AvgIpc) is 3.13. The number of carbonyl (C=O) groups is 3. The van der Waals surface area contributed by atoms with Crippen LogP contribution in [0.25, 0.3) is 0 Å². The minimum Gasteiger partial charge on any atom is -0.507 e. The number of hydrogen-bond donors (Lipinski definition) is 3. The highest BCUT2D eigenvalue weighted by molar-refractivity contribution is 6.31. The van der Waals surface area contributed by atoms with Crippen molar-refractivity contribution in [2.24, 2.45) is 5.92 Å². The second kappa shape index (κ2) is 9.10. The summed E-state index contributed by atoms with van der Waals surface area (Å²) in [7, 11) is 1.59. The van der Waals surface area contributed by atoms with Gasteiger partial charge in [-0.15, -0.1) is 0 Å². The van der Waals surface area contributed by atoms with Gasteiger partial charge in [0.15, 0.2) is 17.3 Å². The van der Waals surface area contributed by atoms with Crippen molar-refractivity contribution in [3.8, 4) is 23.0 Å².